The Morgan fingerprint density at radius 1 is 1.12 bits per heavy atom. The zero-order chi connectivity index (χ0) is 18.4. The molecule has 0 aromatic carbocycles. The Morgan fingerprint density at radius 3 is 2.73 bits per heavy atom. The molecule has 2 fully saturated rings. The van der Waals surface area contributed by atoms with Crippen molar-refractivity contribution in [2.24, 2.45) is 28.6 Å². The minimum absolute atomic E-state index is 0.0553. The molecule has 0 spiro atoms. The van der Waals surface area contributed by atoms with E-state index in [1.807, 2.05) is 0 Å². The summed E-state index contributed by atoms with van der Waals surface area (Å²) in [4.78, 5) is 12.6. The number of carbonyl (C=O) groups excluding carboxylic acids is 1. The van der Waals surface area contributed by atoms with E-state index in [1.54, 1.807) is 0 Å². The van der Waals surface area contributed by atoms with Gasteiger partial charge in [0.2, 0.25) is 0 Å². The number of allylic oxidation sites excluding steroid dienone is 3. The van der Waals surface area contributed by atoms with Gasteiger partial charge in [0.15, 0.2) is 0 Å². The first-order valence-corrected chi connectivity index (χ1v) is 10.7. The number of rotatable bonds is 5. The van der Waals surface area contributed by atoms with Gasteiger partial charge in [-0.3, -0.25) is 4.79 Å². The predicted octanol–water partition coefficient (Wildman–Crippen LogP) is 5.07. The molecule has 2 saturated carbocycles. The highest BCUT2D eigenvalue weighted by atomic mass is 16.5. The molecule has 26 heavy (non-hydrogen) atoms. The van der Waals surface area contributed by atoms with Crippen molar-refractivity contribution in [2.45, 2.75) is 65.7 Å². The standard InChI is InChI=1S/C23H34O3/c1-4-25-15-23-13-10-17(26-5-2)14-16(23)6-7-18-19-8-9-21(24)22(19,3)12-11-20(18)23/h6,14,18-20H,4-5,7-13,15H2,1-3H3/t18-,19-,20-,22-,23+/m0/s1. The van der Waals surface area contributed by atoms with Gasteiger partial charge in [0.05, 0.1) is 19.0 Å². The van der Waals surface area contributed by atoms with Crippen molar-refractivity contribution in [1.82, 2.24) is 0 Å². The molecule has 144 valence electrons. The van der Waals surface area contributed by atoms with Crippen LogP contribution in [0.15, 0.2) is 23.5 Å². The summed E-state index contributed by atoms with van der Waals surface area (Å²) in [6.45, 7) is 8.75. The van der Waals surface area contributed by atoms with Gasteiger partial charge < -0.3 is 9.47 Å². The molecule has 0 amide bonds. The van der Waals surface area contributed by atoms with Gasteiger partial charge in [-0.1, -0.05) is 13.0 Å². The fraction of sp³-hybridized carbons (Fsp3) is 0.783. The van der Waals surface area contributed by atoms with Crippen molar-refractivity contribution in [2.75, 3.05) is 19.8 Å². The van der Waals surface area contributed by atoms with Gasteiger partial charge in [0.1, 0.15) is 5.78 Å². The van der Waals surface area contributed by atoms with Crippen molar-refractivity contribution >= 4 is 5.78 Å². The van der Waals surface area contributed by atoms with E-state index in [1.165, 1.54) is 12.0 Å². The number of ketones is 1. The minimum Gasteiger partial charge on any atom is -0.498 e. The van der Waals surface area contributed by atoms with Crippen LogP contribution in [0.4, 0.5) is 0 Å². The third-order valence-corrected chi connectivity index (χ3v) is 8.07. The van der Waals surface area contributed by atoms with Gasteiger partial charge in [-0.15, -0.1) is 0 Å². The van der Waals surface area contributed by atoms with E-state index in [0.29, 0.717) is 23.5 Å². The second-order valence-corrected chi connectivity index (χ2v) is 9.03. The average Bonchev–Trinajstić information content (AvgIpc) is 2.95. The van der Waals surface area contributed by atoms with Crippen molar-refractivity contribution in [1.29, 1.82) is 0 Å². The Bertz CT molecular complexity index is 633. The number of ether oxygens (including phenoxy) is 2. The number of hydrogen-bond acceptors (Lipinski definition) is 3. The molecule has 3 heteroatoms. The molecule has 0 unspecified atom stereocenters. The topological polar surface area (TPSA) is 35.5 Å². The summed E-state index contributed by atoms with van der Waals surface area (Å²) in [5, 5.41) is 0. The van der Waals surface area contributed by atoms with Crippen LogP contribution in [0.25, 0.3) is 0 Å². The van der Waals surface area contributed by atoms with Crippen LogP contribution < -0.4 is 0 Å². The Balaban J connectivity index is 1.70. The molecule has 0 aromatic heterocycles. The van der Waals surface area contributed by atoms with E-state index in [0.717, 1.165) is 64.1 Å². The highest BCUT2D eigenvalue weighted by molar-refractivity contribution is 5.87. The van der Waals surface area contributed by atoms with E-state index in [9.17, 15) is 4.79 Å². The number of hydrogen-bond donors (Lipinski definition) is 0. The van der Waals surface area contributed by atoms with E-state index >= 15 is 0 Å². The molecular formula is C23H34O3. The molecule has 0 aromatic rings. The van der Waals surface area contributed by atoms with E-state index in [4.69, 9.17) is 9.47 Å². The number of fused-ring (bicyclic) bond motifs is 5. The third-order valence-electron chi connectivity index (χ3n) is 8.07. The van der Waals surface area contributed by atoms with E-state index in [2.05, 4.69) is 32.9 Å². The fourth-order valence-corrected chi connectivity index (χ4v) is 6.72. The minimum atomic E-state index is -0.0553. The molecule has 0 radical (unpaired) electrons. The molecule has 4 aliphatic carbocycles. The van der Waals surface area contributed by atoms with Crippen LogP contribution >= 0.6 is 0 Å². The summed E-state index contributed by atoms with van der Waals surface area (Å²) in [6, 6.07) is 0. The zero-order valence-corrected chi connectivity index (χ0v) is 16.7. The van der Waals surface area contributed by atoms with Crippen molar-refractivity contribution in [3.63, 3.8) is 0 Å². The highest BCUT2D eigenvalue weighted by Crippen LogP contribution is 2.63. The second kappa shape index (κ2) is 6.82. The Labute approximate surface area is 158 Å². The van der Waals surface area contributed by atoms with Crippen LogP contribution in [0.3, 0.4) is 0 Å². The lowest BCUT2D eigenvalue weighted by atomic mass is 9.48. The number of carbonyl (C=O) groups is 1. The van der Waals surface area contributed by atoms with Crippen LogP contribution in [-0.2, 0) is 14.3 Å². The SMILES string of the molecule is CCOC[C@]12CCC(OCC)=CC1=CC[C@@H]1[C@@H]2CC[C@]2(C)C(=O)CC[C@@H]12. The van der Waals surface area contributed by atoms with E-state index < -0.39 is 0 Å². The number of Topliss-reactive ketones (excluding diaryl/α,β-unsaturated/α-hetero) is 1. The average molecular weight is 359 g/mol. The Hall–Kier alpha value is -1.09. The zero-order valence-electron chi connectivity index (χ0n) is 16.7. The molecule has 0 saturated heterocycles. The lowest BCUT2D eigenvalue weighted by molar-refractivity contribution is -0.133. The normalized spacial score (nSPS) is 41.7. The quantitative estimate of drug-likeness (QED) is 0.689. The Morgan fingerprint density at radius 2 is 1.96 bits per heavy atom. The predicted molar refractivity (Wildman–Crippen MR) is 103 cm³/mol. The van der Waals surface area contributed by atoms with Crippen LogP contribution in [0.1, 0.15) is 65.7 Å². The maximum absolute atomic E-state index is 12.6. The van der Waals surface area contributed by atoms with Crippen LogP contribution in [0, 0.1) is 28.6 Å². The first-order valence-electron chi connectivity index (χ1n) is 10.7. The monoisotopic (exact) mass is 358 g/mol. The van der Waals surface area contributed by atoms with Crippen molar-refractivity contribution < 1.29 is 14.3 Å². The maximum Gasteiger partial charge on any atom is 0.139 e. The summed E-state index contributed by atoms with van der Waals surface area (Å²) in [6.07, 6.45) is 12.2. The van der Waals surface area contributed by atoms with Gasteiger partial charge in [0.25, 0.3) is 0 Å². The van der Waals surface area contributed by atoms with Crippen LogP contribution in [0.2, 0.25) is 0 Å². The van der Waals surface area contributed by atoms with Gasteiger partial charge >= 0.3 is 0 Å². The van der Waals surface area contributed by atoms with Crippen molar-refractivity contribution in [3.8, 4) is 0 Å². The van der Waals surface area contributed by atoms with E-state index in [-0.39, 0.29) is 10.8 Å². The highest BCUT2D eigenvalue weighted by Gasteiger charge is 2.59. The van der Waals surface area contributed by atoms with Crippen molar-refractivity contribution in [3.05, 3.63) is 23.5 Å². The summed E-state index contributed by atoms with van der Waals surface area (Å²) >= 11 is 0. The summed E-state index contributed by atoms with van der Waals surface area (Å²) < 4.78 is 11.9. The van der Waals surface area contributed by atoms with Crippen LogP contribution in [-0.4, -0.2) is 25.6 Å². The summed E-state index contributed by atoms with van der Waals surface area (Å²) in [5.74, 6) is 3.53. The van der Waals surface area contributed by atoms with Gasteiger partial charge in [0, 0.05) is 30.3 Å². The molecule has 3 nitrogen and oxygen atoms in total. The molecule has 4 aliphatic rings. The lowest BCUT2D eigenvalue weighted by Gasteiger charge is -2.56. The molecule has 0 bridgehead atoms. The molecular weight excluding hydrogens is 324 g/mol. The summed E-state index contributed by atoms with van der Waals surface area (Å²) in [5.41, 5.74) is 1.53. The second-order valence-electron chi connectivity index (χ2n) is 9.03. The van der Waals surface area contributed by atoms with Gasteiger partial charge in [-0.25, -0.2) is 0 Å². The third kappa shape index (κ3) is 2.61. The van der Waals surface area contributed by atoms with Crippen LogP contribution in [0.5, 0.6) is 0 Å². The summed E-state index contributed by atoms with van der Waals surface area (Å²) in [7, 11) is 0. The molecule has 0 heterocycles. The fourth-order valence-electron chi connectivity index (χ4n) is 6.72. The van der Waals surface area contributed by atoms with Gasteiger partial charge in [-0.05, 0) is 75.4 Å². The molecule has 0 aliphatic heterocycles. The molecule has 5 atom stereocenters. The lowest BCUT2D eigenvalue weighted by Crippen LogP contribution is -2.52. The smallest absolute Gasteiger partial charge is 0.139 e. The first-order chi connectivity index (χ1) is 12.5. The first kappa shape index (κ1) is 18.3. The molecule has 4 rings (SSSR count). The Kier molecular flexibility index (Phi) is 4.79. The molecule has 0 N–H and O–H groups in total. The maximum atomic E-state index is 12.6. The largest absolute Gasteiger partial charge is 0.498 e. The van der Waals surface area contributed by atoms with Gasteiger partial charge in [-0.2, -0.15) is 0 Å².